The lowest BCUT2D eigenvalue weighted by molar-refractivity contribution is -0.115. The van der Waals surface area contributed by atoms with Crippen LogP contribution in [0.2, 0.25) is 0 Å². The van der Waals surface area contributed by atoms with Gasteiger partial charge in [0.1, 0.15) is 5.75 Å². The lowest BCUT2D eigenvalue weighted by Crippen LogP contribution is -2.45. The summed E-state index contributed by atoms with van der Waals surface area (Å²) < 4.78 is 5.77. The van der Waals surface area contributed by atoms with E-state index in [-0.39, 0.29) is 11.4 Å². The maximum absolute atomic E-state index is 12.7. The van der Waals surface area contributed by atoms with Crippen molar-refractivity contribution in [3.63, 3.8) is 0 Å². The number of fused-ring (bicyclic) bond motifs is 1. The first-order valence-corrected chi connectivity index (χ1v) is 12.5. The minimum atomic E-state index is -0.145. The summed E-state index contributed by atoms with van der Waals surface area (Å²) in [5.74, 6) is 0.610. The molecule has 2 aliphatic heterocycles. The van der Waals surface area contributed by atoms with E-state index >= 15 is 0 Å². The molecule has 6 heteroatoms. The van der Waals surface area contributed by atoms with E-state index in [0.717, 1.165) is 30.0 Å². The van der Waals surface area contributed by atoms with Crippen molar-refractivity contribution in [2.75, 3.05) is 18.6 Å². The molecule has 0 aromatic heterocycles. The van der Waals surface area contributed by atoms with Gasteiger partial charge in [-0.25, -0.2) is 4.99 Å². The van der Waals surface area contributed by atoms with Crippen molar-refractivity contribution in [2.45, 2.75) is 53.5 Å². The summed E-state index contributed by atoms with van der Waals surface area (Å²) in [6.45, 7) is 13.9. The number of nitrogens with zero attached hydrogens (tertiary/aromatic N) is 2. The number of thioether (sulfide) groups is 1. The van der Waals surface area contributed by atoms with Gasteiger partial charge in [0, 0.05) is 29.4 Å². The SMILES string of the molecule is CCCN1c2cc(OC)c(/C=C3/SC(=Nc4ccc(C)c(C)c4)NC3=O)cc2C(C)=CC1(C)C. The topological polar surface area (TPSA) is 53.9 Å². The molecule has 4 rings (SSSR count). The minimum absolute atomic E-state index is 0.0705. The van der Waals surface area contributed by atoms with E-state index in [2.05, 4.69) is 75.0 Å². The number of anilines is 1. The number of allylic oxidation sites excluding steroid dienone is 1. The third-order valence-corrected chi connectivity index (χ3v) is 7.34. The number of aliphatic imine (C=N–C) groups is 1. The highest BCUT2D eigenvalue weighted by Crippen LogP contribution is 2.43. The Kier molecular flexibility index (Phi) is 6.63. The van der Waals surface area contributed by atoms with Crippen molar-refractivity contribution < 1.29 is 9.53 Å². The fourth-order valence-corrected chi connectivity index (χ4v) is 5.41. The fourth-order valence-electron chi connectivity index (χ4n) is 4.58. The first kappa shape index (κ1) is 24.1. The summed E-state index contributed by atoms with van der Waals surface area (Å²) in [5.41, 5.74) is 7.62. The van der Waals surface area contributed by atoms with Crippen LogP contribution in [0.25, 0.3) is 11.6 Å². The van der Waals surface area contributed by atoms with E-state index in [1.165, 1.54) is 39.7 Å². The summed E-state index contributed by atoms with van der Waals surface area (Å²) in [6.07, 6.45) is 5.28. The smallest absolute Gasteiger partial charge is 0.264 e. The fraction of sp³-hybridized carbons (Fsp3) is 0.357. The van der Waals surface area contributed by atoms with Gasteiger partial charge in [-0.05, 0) is 93.8 Å². The largest absolute Gasteiger partial charge is 0.496 e. The van der Waals surface area contributed by atoms with E-state index in [9.17, 15) is 4.79 Å². The molecule has 178 valence electrons. The number of amides is 1. The minimum Gasteiger partial charge on any atom is -0.496 e. The Labute approximate surface area is 207 Å². The highest BCUT2D eigenvalue weighted by atomic mass is 32.2. The first-order chi connectivity index (χ1) is 16.1. The number of benzene rings is 2. The molecule has 2 aromatic carbocycles. The predicted octanol–water partition coefficient (Wildman–Crippen LogP) is 6.62. The maximum atomic E-state index is 12.7. The molecule has 0 bridgehead atoms. The molecule has 0 saturated carbocycles. The molecule has 1 amide bonds. The zero-order chi connectivity index (χ0) is 24.6. The molecule has 2 heterocycles. The standard InChI is InChI=1S/C28H33N3O2S/c1-8-11-31-23-15-24(33-7)20(13-22(23)19(4)16-28(31,5)6)14-25-26(32)30-27(34-25)29-21-10-9-17(2)18(3)12-21/h9-10,12-16H,8,11H2,1-7H3,(H,29,30,32)/b25-14+. The van der Waals surface area contributed by atoms with Gasteiger partial charge in [-0.1, -0.05) is 19.1 Å². The van der Waals surface area contributed by atoms with Crippen LogP contribution in [-0.2, 0) is 4.79 Å². The Balaban J connectivity index is 1.70. The zero-order valence-electron chi connectivity index (χ0n) is 21.1. The molecule has 0 spiro atoms. The monoisotopic (exact) mass is 475 g/mol. The number of methoxy groups -OCH3 is 1. The summed E-state index contributed by atoms with van der Waals surface area (Å²) in [6, 6.07) is 10.3. The second kappa shape index (κ2) is 9.34. The molecule has 34 heavy (non-hydrogen) atoms. The Hall–Kier alpha value is -2.99. The number of aryl methyl sites for hydroxylation is 2. The Morgan fingerprint density at radius 3 is 2.59 bits per heavy atom. The summed E-state index contributed by atoms with van der Waals surface area (Å²) in [4.78, 5) is 20.4. The molecule has 2 aliphatic rings. The average molecular weight is 476 g/mol. The van der Waals surface area contributed by atoms with Crippen LogP contribution in [0.3, 0.4) is 0 Å². The quantitative estimate of drug-likeness (QED) is 0.494. The summed E-state index contributed by atoms with van der Waals surface area (Å²) in [5, 5.41) is 3.48. The molecule has 0 aliphatic carbocycles. The van der Waals surface area contributed by atoms with Gasteiger partial charge >= 0.3 is 0 Å². The van der Waals surface area contributed by atoms with Gasteiger partial charge in [-0.3, -0.25) is 4.79 Å². The van der Waals surface area contributed by atoms with Crippen LogP contribution in [0.1, 0.15) is 56.4 Å². The third-order valence-electron chi connectivity index (χ3n) is 6.43. The van der Waals surface area contributed by atoms with Gasteiger partial charge in [0.15, 0.2) is 5.17 Å². The van der Waals surface area contributed by atoms with Gasteiger partial charge in [0.25, 0.3) is 5.91 Å². The zero-order valence-corrected chi connectivity index (χ0v) is 21.9. The van der Waals surface area contributed by atoms with E-state index in [1.54, 1.807) is 7.11 Å². The highest BCUT2D eigenvalue weighted by Gasteiger charge is 2.32. The molecular weight excluding hydrogens is 442 g/mol. The number of carbonyl (C=O) groups is 1. The summed E-state index contributed by atoms with van der Waals surface area (Å²) in [7, 11) is 1.68. The number of hydrogen-bond donors (Lipinski definition) is 1. The number of rotatable bonds is 5. The van der Waals surface area contributed by atoms with Gasteiger partial charge < -0.3 is 15.0 Å². The van der Waals surface area contributed by atoms with Crippen LogP contribution in [0, 0.1) is 13.8 Å². The number of ether oxygens (including phenoxy) is 1. The third kappa shape index (κ3) is 4.64. The van der Waals surface area contributed by atoms with Crippen LogP contribution in [-0.4, -0.2) is 30.3 Å². The Bertz CT molecular complexity index is 1240. The highest BCUT2D eigenvalue weighted by molar-refractivity contribution is 8.18. The van der Waals surface area contributed by atoms with Crippen LogP contribution < -0.4 is 15.0 Å². The van der Waals surface area contributed by atoms with Gasteiger partial charge in [-0.15, -0.1) is 0 Å². The van der Waals surface area contributed by atoms with Crippen molar-refractivity contribution in [3.8, 4) is 5.75 Å². The molecule has 1 saturated heterocycles. The van der Waals surface area contributed by atoms with Crippen molar-refractivity contribution in [1.29, 1.82) is 0 Å². The molecular formula is C28H33N3O2S. The second-order valence-corrected chi connectivity index (χ2v) is 10.5. The molecule has 1 fully saturated rings. The lowest BCUT2D eigenvalue weighted by Gasteiger charge is -2.43. The molecule has 5 nitrogen and oxygen atoms in total. The second-order valence-electron chi connectivity index (χ2n) is 9.49. The maximum Gasteiger partial charge on any atom is 0.264 e. The van der Waals surface area contributed by atoms with Gasteiger partial charge in [-0.2, -0.15) is 0 Å². The predicted molar refractivity (Wildman–Crippen MR) is 145 cm³/mol. The van der Waals surface area contributed by atoms with Crippen molar-refractivity contribution in [3.05, 3.63) is 63.6 Å². The van der Waals surface area contributed by atoms with E-state index in [4.69, 9.17) is 4.74 Å². The first-order valence-electron chi connectivity index (χ1n) is 11.7. The number of carbonyl (C=O) groups excluding carboxylic acids is 1. The number of nitrogens with one attached hydrogen (secondary N) is 1. The van der Waals surface area contributed by atoms with Crippen LogP contribution >= 0.6 is 11.8 Å². The normalized spacial score (nSPS) is 19.3. The van der Waals surface area contributed by atoms with E-state index < -0.39 is 0 Å². The van der Waals surface area contributed by atoms with Crippen molar-refractivity contribution in [2.24, 2.45) is 4.99 Å². The van der Waals surface area contributed by atoms with Gasteiger partial charge in [0.05, 0.1) is 23.2 Å². The van der Waals surface area contributed by atoms with Crippen LogP contribution in [0.15, 0.2) is 46.3 Å². The number of amidine groups is 1. The van der Waals surface area contributed by atoms with E-state index in [0.29, 0.717) is 10.1 Å². The molecule has 0 atom stereocenters. The molecule has 2 aromatic rings. The average Bonchev–Trinajstić information content (AvgIpc) is 3.11. The summed E-state index contributed by atoms with van der Waals surface area (Å²) >= 11 is 1.35. The Morgan fingerprint density at radius 2 is 1.91 bits per heavy atom. The van der Waals surface area contributed by atoms with Crippen molar-refractivity contribution in [1.82, 2.24) is 5.32 Å². The molecule has 0 unspecified atom stereocenters. The van der Waals surface area contributed by atoms with Crippen LogP contribution in [0.4, 0.5) is 11.4 Å². The molecule has 1 N–H and O–H groups in total. The lowest BCUT2D eigenvalue weighted by atomic mass is 9.87. The van der Waals surface area contributed by atoms with E-state index in [1.807, 2.05) is 24.3 Å². The molecule has 0 radical (unpaired) electrons. The van der Waals surface area contributed by atoms with Crippen LogP contribution in [0.5, 0.6) is 5.75 Å². The van der Waals surface area contributed by atoms with Crippen molar-refractivity contribution >= 4 is 45.9 Å². The van der Waals surface area contributed by atoms with Gasteiger partial charge in [0.2, 0.25) is 0 Å². The number of hydrogen-bond acceptors (Lipinski definition) is 5. The Morgan fingerprint density at radius 1 is 1.15 bits per heavy atom.